The van der Waals surface area contributed by atoms with E-state index in [1.54, 1.807) is 24.5 Å². The van der Waals surface area contributed by atoms with E-state index in [2.05, 4.69) is 20.6 Å². The molecule has 0 saturated heterocycles. The lowest BCUT2D eigenvalue weighted by Crippen LogP contribution is -2.29. The van der Waals surface area contributed by atoms with Crippen LogP contribution in [0.1, 0.15) is 18.4 Å². The number of hydrogen-bond donors (Lipinski definition) is 3. The second-order valence-corrected chi connectivity index (χ2v) is 7.46. The monoisotopic (exact) mass is 446 g/mol. The number of pyridine rings is 1. The van der Waals surface area contributed by atoms with Gasteiger partial charge in [-0.15, -0.1) is 0 Å². The molecule has 33 heavy (non-hydrogen) atoms. The number of fused-ring (bicyclic) bond motifs is 1. The highest BCUT2D eigenvalue weighted by Gasteiger charge is 2.13. The number of halogens is 1. The zero-order valence-corrected chi connectivity index (χ0v) is 17.8. The minimum Gasteiger partial charge on any atom is -0.453 e. The topological polar surface area (TPSA) is 96.1 Å². The summed E-state index contributed by atoms with van der Waals surface area (Å²) in [6.07, 6.45) is 4.56. The molecule has 0 aliphatic heterocycles. The van der Waals surface area contributed by atoms with Gasteiger partial charge in [-0.1, -0.05) is 30.3 Å². The number of carbonyl (C=O) groups excluding carboxylic acids is 2. The van der Waals surface area contributed by atoms with Crippen LogP contribution in [0.25, 0.3) is 11.0 Å². The van der Waals surface area contributed by atoms with Crippen molar-refractivity contribution in [3.8, 4) is 11.5 Å². The summed E-state index contributed by atoms with van der Waals surface area (Å²) in [5.74, 6) is -1.07. The van der Waals surface area contributed by atoms with Gasteiger partial charge in [0.05, 0.1) is 5.39 Å². The van der Waals surface area contributed by atoms with Gasteiger partial charge in [-0.2, -0.15) is 0 Å². The van der Waals surface area contributed by atoms with Crippen molar-refractivity contribution in [1.29, 1.82) is 0 Å². The van der Waals surface area contributed by atoms with Crippen molar-refractivity contribution in [3.05, 3.63) is 84.4 Å². The van der Waals surface area contributed by atoms with Gasteiger partial charge in [0.25, 0.3) is 0 Å². The van der Waals surface area contributed by atoms with E-state index in [0.717, 1.165) is 24.3 Å². The van der Waals surface area contributed by atoms with Gasteiger partial charge >= 0.3 is 0 Å². The number of benzene rings is 2. The molecule has 8 heteroatoms. The molecule has 0 atom stereocenters. The van der Waals surface area contributed by atoms with Gasteiger partial charge in [-0.05, 0) is 42.7 Å². The molecule has 0 aliphatic carbocycles. The molecule has 0 fully saturated rings. The number of aromatic nitrogens is 2. The fraction of sp³-hybridized carbons (Fsp3) is 0.160. The van der Waals surface area contributed by atoms with Gasteiger partial charge in [0, 0.05) is 30.7 Å². The number of anilines is 1. The summed E-state index contributed by atoms with van der Waals surface area (Å²) < 4.78 is 20.2. The lowest BCUT2D eigenvalue weighted by molar-refractivity contribution is -0.126. The third-order valence-electron chi connectivity index (χ3n) is 4.98. The Morgan fingerprint density at radius 3 is 2.67 bits per heavy atom. The van der Waals surface area contributed by atoms with Crippen LogP contribution < -0.4 is 15.4 Å². The van der Waals surface area contributed by atoms with Crippen LogP contribution in [-0.4, -0.2) is 28.3 Å². The van der Waals surface area contributed by atoms with Crippen molar-refractivity contribution >= 4 is 28.5 Å². The Hall–Kier alpha value is -4.20. The Morgan fingerprint density at radius 2 is 1.85 bits per heavy atom. The number of amides is 2. The standard InChI is InChI=1S/C25H23FN4O3/c26-20-15-18(8-9-22(20)33-21-11-14-29-25-19(21)10-13-28-25)30-24(32)16-23(31)27-12-4-7-17-5-2-1-3-6-17/h1-3,5-6,8-11,13-15H,4,7,12,16H2,(H,27,31)(H,28,29)(H,30,32). The Morgan fingerprint density at radius 1 is 1.00 bits per heavy atom. The molecule has 0 radical (unpaired) electrons. The summed E-state index contributed by atoms with van der Waals surface area (Å²) in [6, 6.07) is 17.5. The molecule has 2 aromatic heterocycles. The molecular formula is C25H23FN4O3. The lowest BCUT2D eigenvalue weighted by atomic mass is 10.1. The normalized spacial score (nSPS) is 10.7. The van der Waals surface area contributed by atoms with Crippen molar-refractivity contribution in [2.45, 2.75) is 19.3 Å². The Balaban J connectivity index is 1.25. The third kappa shape index (κ3) is 5.94. The van der Waals surface area contributed by atoms with E-state index in [1.165, 1.54) is 17.7 Å². The van der Waals surface area contributed by atoms with Crippen LogP contribution >= 0.6 is 0 Å². The van der Waals surface area contributed by atoms with Crippen molar-refractivity contribution in [1.82, 2.24) is 15.3 Å². The van der Waals surface area contributed by atoms with Gasteiger partial charge in [0.1, 0.15) is 17.8 Å². The third-order valence-corrected chi connectivity index (χ3v) is 4.98. The quantitative estimate of drug-likeness (QED) is 0.259. The van der Waals surface area contributed by atoms with E-state index in [1.807, 2.05) is 30.3 Å². The maximum Gasteiger partial charge on any atom is 0.233 e. The van der Waals surface area contributed by atoms with Crippen LogP contribution in [0.2, 0.25) is 0 Å². The molecule has 7 nitrogen and oxygen atoms in total. The number of nitrogens with zero attached hydrogens (tertiary/aromatic N) is 1. The lowest BCUT2D eigenvalue weighted by Gasteiger charge is -2.10. The molecule has 2 amide bonds. The molecule has 168 valence electrons. The van der Waals surface area contributed by atoms with Gasteiger partial charge in [-0.25, -0.2) is 9.37 Å². The highest BCUT2D eigenvalue weighted by molar-refractivity contribution is 6.03. The average Bonchev–Trinajstić information content (AvgIpc) is 3.29. The summed E-state index contributed by atoms with van der Waals surface area (Å²) in [7, 11) is 0. The fourth-order valence-corrected chi connectivity index (χ4v) is 3.38. The SMILES string of the molecule is O=C(CC(=O)Nc1ccc(Oc2ccnc3[nH]ccc23)c(F)c1)NCCCc1ccccc1. The second kappa shape index (κ2) is 10.4. The smallest absolute Gasteiger partial charge is 0.233 e. The first kappa shape index (κ1) is 22.0. The summed E-state index contributed by atoms with van der Waals surface area (Å²) >= 11 is 0. The Bertz CT molecular complexity index is 1260. The van der Waals surface area contributed by atoms with Crippen molar-refractivity contribution in [3.63, 3.8) is 0 Å². The molecule has 4 aromatic rings. The van der Waals surface area contributed by atoms with Crippen molar-refractivity contribution < 1.29 is 18.7 Å². The number of ether oxygens (including phenoxy) is 1. The van der Waals surface area contributed by atoms with E-state index >= 15 is 0 Å². The fourth-order valence-electron chi connectivity index (χ4n) is 3.38. The molecule has 0 saturated carbocycles. The molecule has 0 spiro atoms. The van der Waals surface area contributed by atoms with Crippen LogP contribution in [0.5, 0.6) is 11.5 Å². The zero-order valence-electron chi connectivity index (χ0n) is 17.8. The van der Waals surface area contributed by atoms with Crippen molar-refractivity contribution in [2.24, 2.45) is 0 Å². The molecule has 3 N–H and O–H groups in total. The number of rotatable bonds is 9. The van der Waals surface area contributed by atoms with Crippen molar-refractivity contribution in [2.75, 3.05) is 11.9 Å². The molecule has 2 aromatic carbocycles. The van der Waals surface area contributed by atoms with Crippen LogP contribution in [0.3, 0.4) is 0 Å². The Kier molecular flexibility index (Phi) is 6.94. The predicted octanol–water partition coefficient (Wildman–Crippen LogP) is 4.57. The predicted molar refractivity (Wildman–Crippen MR) is 124 cm³/mol. The highest BCUT2D eigenvalue weighted by Crippen LogP contribution is 2.31. The first-order valence-electron chi connectivity index (χ1n) is 10.6. The summed E-state index contributed by atoms with van der Waals surface area (Å²) in [4.78, 5) is 31.3. The zero-order chi connectivity index (χ0) is 23.0. The molecule has 2 heterocycles. The van der Waals surface area contributed by atoms with Crippen LogP contribution in [0.15, 0.2) is 73.1 Å². The summed E-state index contributed by atoms with van der Waals surface area (Å²) in [6.45, 7) is 0.477. The van der Waals surface area contributed by atoms with E-state index in [4.69, 9.17) is 4.74 Å². The Labute approximate surface area is 190 Å². The molecule has 4 rings (SSSR count). The number of carbonyl (C=O) groups is 2. The van der Waals surface area contributed by atoms with E-state index in [-0.39, 0.29) is 23.8 Å². The minimum atomic E-state index is -0.640. The summed E-state index contributed by atoms with van der Waals surface area (Å²) in [5, 5.41) is 5.99. The average molecular weight is 446 g/mol. The number of hydrogen-bond acceptors (Lipinski definition) is 4. The maximum atomic E-state index is 14.5. The number of H-pyrrole nitrogens is 1. The first-order chi connectivity index (χ1) is 16.1. The largest absolute Gasteiger partial charge is 0.453 e. The molecule has 0 unspecified atom stereocenters. The number of aromatic amines is 1. The first-order valence-corrected chi connectivity index (χ1v) is 10.6. The van der Waals surface area contributed by atoms with Gasteiger partial charge in [0.2, 0.25) is 11.8 Å². The maximum absolute atomic E-state index is 14.5. The number of nitrogens with one attached hydrogen (secondary N) is 3. The second-order valence-electron chi connectivity index (χ2n) is 7.46. The van der Waals surface area contributed by atoms with Crippen LogP contribution in [-0.2, 0) is 16.0 Å². The van der Waals surface area contributed by atoms with Gasteiger partial charge in [0.15, 0.2) is 11.6 Å². The molecule has 0 aliphatic rings. The van der Waals surface area contributed by atoms with E-state index < -0.39 is 11.7 Å². The minimum absolute atomic E-state index is 0.0119. The van der Waals surface area contributed by atoms with E-state index in [0.29, 0.717) is 17.9 Å². The van der Waals surface area contributed by atoms with Crippen LogP contribution in [0, 0.1) is 5.82 Å². The highest BCUT2D eigenvalue weighted by atomic mass is 19.1. The molecular weight excluding hydrogens is 423 g/mol. The molecule has 0 bridgehead atoms. The number of aryl methyl sites for hydroxylation is 1. The van der Waals surface area contributed by atoms with Gasteiger partial charge in [-0.3, -0.25) is 9.59 Å². The van der Waals surface area contributed by atoms with Gasteiger partial charge < -0.3 is 20.4 Å². The van der Waals surface area contributed by atoms with E-state index in [9.17, 15) is 14.0 Å². The summed E-state index contributed by atoms with van der Waals surface area (Å²) in [5.41, 5.74) is 2.07. The van der Waals surface area contributed by atoms with Crippen LogP contribution in [0.4, 0.5) is 10.1 Å².